The standard InChI is InChI=1S/C63H59N/c1-61(2,3)56-26-20-42(21-27-56)50-36-51(43-22-28-57(29-23-43)62(4,5)6)39-54(38-50)55-40-52(44-24-30-58(31-25-44)63(7,8)9)37-53(41-55)48-17-12-15-46(34-48)47-16-13-18-49(35-47)60-59-19-11-10-14-45(59)32-33-64-60/h10-41H,1-9H3. The van der Waals surface area contributed by atoms with Crippen LogP contribution in [0.3, 0.4) is 0 Å². The van der Waals surface area contributed by atoms with Crippen molar-refractivity contribution in [1.82, 2.24) is 4.98 Å². The Hall–Kier alpha value is -6.83. The Morgan fingerprint density at radius 2 is 0.578 bits per heavy atom. The Bertz CT molecular complexity index is 3030. The van der Waals surface area contributed by atoms with Gasteiger partial charge in [-0.3, -0.25) is 4.98 Å². The molecule has 9 aromatic rings. The summed E-state index contributed by atoms with van der Waals surface area (Å²) >= 11 is 0. The van der Waals surface area contributed by atoms with Crippen molar-refractivity contribution in [1.29, 1.82) is 0 Å². The first-order valence-electron chi connectivity index (χ1n) is 22.8. The lowest BCUT2D eigenvalue weighted by Gasteiger charge is -2.20. The first-order valence-corrected chi connectivity index (χ1v) is 22.8. The van der Waals surface area contributed by atoms with Crippen molar-refractivity contribution < 1.29 is 0 Å². The first-order chi connectivity index (χ1) is 30.6. The Morgan fingerprint density at radius 1 is 0.266 bits per heavy atom. The zero-order valence-corrected chi connectivity index (χ0v) is 38.9. The number of rotatable bonds is 7. The second-order valence-electron chi connectivity index (χ2n) is 20.6. The van der Waals surface area contributed by atoms with E-state index in [1.54, 1.807) is 0 Å². The van der Waals surface area contributed by atoms with Crippen LogP contribution in [0.2, 0.25) is 0 Å². The van der Waals surface area contributed by atoms with Crippen LogP contribution in [0.15, 0.2) is 194 Å². The van der Waals surface area contributed by atoms with Gasteiger partial charge in [0.25, 0.3) is 0 Å². The predicted molar refractivity (Wildman–Crippen MR) is 276 cm³/mol. The molecule has 0 atom stereocenters. The highest BCUT2D eigenvalue weighted by atomic mass is 14.7. The highest BCUT2D eigenvalue weighted by Gasteiger charge is 2.18. The summed E-state index contributed by atoms with van der Waals surface area (Å²) in [4.78, 5) is 4.85. The van der Waals surface area contributed by atoms with Gasteiger partial charge in [-0.25, -0.2) is 0 Å². The van der Waals surface area contributed by atoms with Crippen LogP contribution in [-0.2, 0) is 16.2 Å². The molecule has 1 heterocycles. The maximum Gasteiger partial charge on any atom is 0.0780 e. The third kappa shape index (κ3) is 8.99. The summed E-state index contributed by atoms with van der Waals surface area (Å²) in [6.07, 6.45) is 1.91. The molecule has 0 spiro atoms. The lowest BCUT2D eigenvalue weighted by Crippen LogP contribution is -2.10. The van der Waals surface area contributed by atoms with Crippen LogP contribution in [0.4, 0.5) is 0 Å². The van der Waals surface area contributed by atoms with Gasteiger partial charge in [-0.05, 0) is 160 Å². The third-order valence-corrected chi connectivity index (χ3v) is 12.8. The second kappa shape index (κ2) is 16.7. The van der Waals surface area contributed by atoms with Gasteiger partial charge < -0.3 is 0 Å². The molecule has 0 aliphatic carbocycles. The minimum absolute atomic E-state index is 0.0694. The topological polar surface area (TPSA) is 12.9 Å². The molecule has 0 bridgehead atoms. The fourth-order valence-corrected chi connectivity index (χ4v) is 8.82. The number of fused-ring (bicyclic) bond motifs is 1. The molecule has 9 rings (SSSR count). The lowest BCUT2D eigenvalue weighted by atomic mass is 9.84. The van der Waals surface area contributed by atoms with E-state index in [1.165, 1.54) is 83.3 Å². The van der Waals surface area contributed by atoms with E-state index in [0.29, 0.717) is 0 Å². The fourth-order valence-electron chi connectivity index (χ4n) is 8.82. The lowest BCUT2D eigenvalue weighted by molar-refractivity contribution is 0.590. The van der Waals surface area contributed by atoms with Crippen molar-refractivity contribution in [2.45, 2.75) is 78.6 Å². The largest absolute Gasteiger partial charge is 0.256 e. The Balaban J connectivity index is 1.20. The number of pyridine rings is 1. The van der Waals surface area contributed by atoms with E-state index in [2.05, 4.69) is 250 Å². The zero-order valence-electron chi connectivity index (χ0n) is 38.9. The summed E-state index contributed by atoms with van der Waals surface area (Å²) in [5.41, 5.74) is 20.6. The van der Waals surface area contributed by atoms with Gasteiger partial charge in [0.2, 0.25) is 0 Å². The van der Waals surface area contributed by atoms with Gasteiger partial charge in [-0.1, -0.05) is 196 Å². The van der Waals surface area contributed by atoms with Crippen LogP contribution in [-0.4, -0.2) is 4.98 Å². The Morgan fingerprint density at radius 3 is 0.984 bits per heavy atom. The SMILES string of the molecule is CC(C)(C)c1ccc(-c2cc(-c3ccc(C(C)(C)C)cc3)cc(-c3cc(-c4ccc(C(C)(C)C)cc4)cc(-c4cccc(-c5cccc(-c6nccc7ccccc67)c5)c4)c3)c2)cc1. The molecule has 1 heteroatoms. The molecule has 0 saturated carbocycles. The van der Waals surface area contributed by atoms with Crippen LogP contribution in [0.1, 0.15) is 79.0 Å². The molecule has 1 aromatic heterocycles. The van der Waals surface area contributed by atoms with E-state index >= 15 is 0 Å². The molecule has 64 heavy (non-hydrogen) atoms. The van der Waals surface area contributed by atoms with Gasteiger partial charge in [-0.2, -0.15) is 0 Å². The highest BCUT2D eigenvalue weighted by molar-refractivity contribution is 5.95. The Labute approximate surface area is 381 Å². The molecule has 8 aromatic carbocycles. The quantitative estimate of drug-likeness (QED) is 0.156. The predicted octanol–water partition coefficient (Wildman–Crippen LogP) is 17.8. The summed E-state index contributed by atoms with van der Waals surface area (Å²) in [7, 11) is 0. The zero-order chi connectivity index (χ0) is 44.8. The van der Waals surface area contributed by atoms with Crippen molar-refractivity contribution in [3.63, 3.8) is 0 Å². The van der Waals surface area contributed by atoms with Crippen LogP contribution in [0, 0.1) is 0 Å². The number of aromatic nitrogens is 1. The van der Waals surface area contributed by atoms with Gasteiger partial charge >= 0.3 is 0 Å². The van der Waals surface area contributed by atoms with Crippen molar-refractivity contribution in [3.05, 3.63) is 211 Å². The molecule has 1 nitrogen and oxygen atoms in total. The maximum absolute atomic E-state index is 4.85. The maximum atomic E-state index is 4.85. The van der Waals surface area contributed by atoms with Crippen LogP contribution < -0.4 is 0 Å². The minimum atomic E-state index is 0.0694. The van der Waals surface area contributed by atoms with Gasteiger partial charge in [0.15, 0.2) is 0 Å². The molecule has 0 radical (unpaired) electrons. The molecule has 316 valence electrons. The van der Waals surface area contributed by atoms with Crippen molar-refractivity contribution in [2.75, 3.05) is 0 Å². The molecule has 0 N–H and O–H groups in total. The number of hydrogen-bond donors (Lipinski definition) is 0. The molecule has 0 unspecified atom stereocenters. The van der Waals surface area contributed by atoms with Gasteiger partial charge in [0.05, 0.1) is 5.69 Å². The van der Waals surface area contributed by atoms with E-state index in [-0.39, 0.29) is 16.2 Å². The minimum Gasteiger partial charge on any atom is -0.256 e. The highest BCUT2D eigenvalue weighted by Crippen LogP contribution is 2.40. The molecule has 0 aliphatic heterocycles. The van der Waals surface area contributed by atoms with Crippen molar-refractivity contribution in [2.24, 2.45) is 0 Å². The third-order valence-electron chi connectivity index (χ3n) is 12.8. The van der Waals surface area contributed by atoms with Gasteiger partial charge in [-0.15, -0.1) is 0 Å². The van der Waals surface area contributed by atoms with Gasteiger partial charge in [0.1, 0.15) is 0 Å². The van der Waals surface area contributed by atoms with E-state index in [9.17, 15) is 0 Å². The average molecular weight is 830 g/mol. The normalized spacial score (nSPS) is 12.1. The molecule has 0 saturated heterocycles. The van der Waals surface area contributed by atoms with Crippen molar-refractivity contribution >= 4 is 10.8 Å². The fraction of sp³-hybridized carbons (Fsp3) is 0.190. The summed E-state index contributed by atoms with van der Waals surface area (Å²) < 4.78 is 0. The molecule has 0 fully saturated rings. The Kier molecular flexibility index (Phi) is 11.1. The summed E-state index contributed by atoms with van der Waals surface area (Å²) in [5.74, 6) is 0. The van der Waals surface area contributed by atoms with Crippen molar-refractivity contribution in [3.8, 4) is 78.0 Å². The monoisotopic (exact) mass is 829 g/mol. The smallest absolute Gasteiger partial charge is 0.0780 e. The van der Waals surface area contributed by atoms with E-state index < -0.39 is 0 Å². The molecule has 0 aliphatic rings. The summed E-state index contributed by atoms with van der Waals surface area (Å²) in [6, 6.07) is 70.2. The molecular weight excluding hydrogens is 771 g/mol. The van der Waals surface area contributed by atoms with Gasteiger partial charge in [0, 0.05) is 17.1 Å². The number of hydrogen-bond acceptors (Lipinski definition) is 1. The van der Waals surface area contributed by atoms with Crippen LogP contribution in [0.5, 0.6) is 0 Å². The second-order valence-corrected chi connectivity index (χ2v) is 20.6. The molecule has 0 amide bonds. The van der Waals surface area contributed by atoms with Crippen LogP contribution >= 0.6 is 0 Å². The number of nitrogens with zero attached hydrogens (tertiary/aromatic N) is 1. The van der Waals surface area contributed by atoms with E-state index in [1.807, 2.05) is 6.20 Å². The molecular formula is C63H59N. The summed E-state index contributed by atoms with van der Waals surface area (Å²) in [5, 5.41) is 2.35. The number of benzene rings is 8. The average Bonchev–Trinajstić information content (AvgIpc) is 3.30. The van der Waals surface area contributed by atoms with E-state index in [4.69, 9.17) is 4.98 Å². The van der Waals surface area contributed by atoms with E-state index in [0.717, 1.165) is 22.2 Å². The van der Waals surface area contributed by atoms with Crippen LogP contribution in [0.25, 0.3) is 88.8 Å². The summed E-state index contributed by atoms with van der Waals surface area (Å²) in [6.45, 7) is 20.5. The first kappa shape index (κ1) is 42.5.